The van der Waals surface area contributed by atoms with Crippen LogP contribution in [0.4, 0.5) is 0 Å². The third-order valence-electron chi connectivity index (χ3n) is 1.91. The summed E-state index contributed by atoms with van der Waals surface area (Å²) in [6.45, 7) is 9.48. The molecule has 0 unspecified atom stereocenters. The van der Waals surface area contributed by atoms with Gasteiger partial charge in [-0.3, -0.25) is 0 Å². The Hall–Kier alpha value is 0.217. The van der Waals surface area contributed by atoms with Gasteiger partial charge in [-0.25, -0.2) is 0 Å². The van der Waals surface area contributed by atoms with Crippen LogP contribution in [0.5, 0.6) is 0 Å². The van der Waals surface area contributed by atoms with Crippen LogP contribution in [0, 0.1) is 0 Å². The molecule has 0 fully saturated rings. The normalized spacial score (nSPS) is 7.64. The molecule has 0 rings (SSSR count). The minimum Gasteiger partial charge on any atom is -0.0776 e. The van der Waals surface area contributed by atoms with E-state index in [2.05, 4.69) is 26.9 Å². The van der Waals surface area contributed by atoms with E-state index in [-0.39, 0.29) is 29.7 Å². The zero-order chi connectivity index (χ0) is 5.91. The van der Waals surface area contributed by atoms with Crippen molar-refractivity contribution in [2.75, 3.05) is 0 Å². The first-order valence-corrected chi connectivity index (χ1v) is 6.54. The van der Waals surface area contributed by atoms with E-state index in [1.807, 2.05) is 0 Å². The Morgan fingerprint density at radius 2 is 0.909 bits per heavy atom. The maximum absolute atomic E-state index is 2.44. The molecular weight excluding hydrogens is 148 g/mol. The van der Waals surface area contributed by atoms with Gasteiger partial charge in [-0.15, -0.1) is 0 Å². The highest BCUT2D eigenvalue weighted by atomic mass is 28.3. The highest BCUT2D eigenvalue weighted by Crippen LogP contribution is 2.12. The van der Waals surface area contributed by atoms with E-state index in [0.717, 1.165) is 0 Å². The van der Waals surface area contributed by atoms with Gasteiger partial charge in [-0.05, 0) is 0 Å². The first kappa shape index (κ1) is 30.3. The molecule has 1 heteroatoms. The van der Waals surface area contributed by atoms with E-state index < -0.39 is 8.07 Å². The van der Waals surface area contributed by atoms with Crippen LogP contribution in [0.1, 0.15) is 43.6 Å². The summed E-state index contributed by atoms with van der Waals surface area (Å²) in [5.41, 5.74) is 0. The van der Waals surface area contributed by atoms with Crippen molar-refractivity contribution in [1.82, 2.24) is 0 Å². The van der Waals surface area contributed by atoms with Crippen LogP contribution < -0.4 is 0 Å². The Bertz CT molecular complexity index is 42.8. The summed E-state index contributed by atoms with van der Waals surface area (Å²) in [6, 6.07) is 2.87. The van der Waals surface area contributed by atoms with Crippen molar-refractivity contribution in [2.45, 2.75) is 68.7 Å². The maximum atomic E-state index is 2.44. The SMILES string of the molecule is C.C.C.C.CC[Si](C)(C)CC. The van der Waals surface area contributed by atoms with Gasteiger partial charge in [-0.1, -0.05) is 68.7 Å². The number of hydrogen-bond acceptors (Lipinski definition) is 0. The molecule has 0 aromatic heterocycles. The van der Waals surface area contributed by atoms with Crippen molar-refractivity contribution < 1.29 is 0 Å². The van der Waals surface area contributed by atoms with E-state index >= 15 is 0 Å². The summed E-state index contributed by atoms with van der Waals surface area (Å²) in [4.78, 5) is 0. The molecule has 0 radical (unpaired) electrons. The summed E-state index contributed by atoms with van der Waals surface area (Å²) < 4.78 is 0. The van der Waals surface area contributed by atoms with Gasteiger partial charge >= 0.3 is 0 Å². The fraction of sp³-hybridized carbons (Fsp3) is 1.00. The summed E-state index contributed by atoms with van der Waals surface area (Å²) >= 11 is 0. The minimum atomic E-state index is -0.651. The van der Waals surface area contributed by atoms with Crippen LogP contribution in [-0.4, -0.2) is 8.07 Å². The van der Waals surface area contributed by atoms with E-state index in [1.54, 1.807) is 0 Å². The Morgan fingerprint density at radius 3 is 0.909 bits per heavy atom. The molecule has 0 aromatic carbocycles. The molecule has 0 heterocycles. The maximum Gasteiger partial charge on any atom is 0.0468 e. The van der Waals surface area contributed by atoms with Crippen LogP contribution in [-0.2, 0) is 0 Å². The van der Waals surface area contributed by atoms with Crippen molar-refractivity contribution >= 4 is 8.07 Å². The van der Waals surface area contributed by atoms with Crippen molar-refractivity contribution in [1.29, 1.82) is 0 Å². The molecule has 0 bridgehead atoms. The molecule has 0 saturated heterocycles. The van der Waals surface area contributed by atoms with E-state index in [1.165, 1.54) is 12.1 Å². The van der Waals surface area contributed by atoms with Gasteiger partial charge in [0.05, 0.1) is 0 Å². The lowest BCUT2D eigenvalue weighted by atomic mass is 10.9. The van der Waals surface area contributed by atoms with Gasteiger partial charge in [0, 0.05) is 8.07 Å². The quantitative estimate of drug-likeness (QED) is 0.507. The van der Waals surface area contributed by atoms with E-state index in [9.17, 15) is 0 Å². The van der Waals surface area contributed by atoms with Crippen molar-refractivity contribution in [2.24, 2.45) is 0 Å². The summed E-state index contributed by atoms with van der Waals surface area (Å²) in [7, 11) is -0.651. The van der Waals surface area contributed by atoms with Gasteiger partial charge in [-0.2, -0.15) is 0 Å². The molecule has 0 saturated carbocycles. The highest BCUT2D eigenvalue weighted by molar-refractivity contribution is 6.77. The molecule has 0 aromatic rings. The van der Waals surface area contributed by atoms with Crippen LogP contribution in [0.2, 0.25) is 25.2 Å². The monoisotopic (exact) mass is 180 g/mol. The van der Waals surface area contributed by atoms with Gasteiger partial charge in [0.1, 0.15) is 0 Å². The Morgan fingerprint density at radius 1 is 0.727 bits per heavy atom. The van der Waals surface area contributed by atoms with E-state index in [0.29, 0.717) is 0 Å². The third kappa shape index (κ3) is 17.8. The van der Waals surface area contributed by atoms with Gasteiger partial charge < -0.3 is 0 Å². The average Bonchev–Trinajstić information content (AvgIpc) is 1.68. The lowest BCUT2D eigenvalue weighted by Crippen LogP contribution is -2.21. The minimum absolute atomic E-state index is 0. The molecule has 0 N–H and O–H groups in total. The fourth-order valence-electron chi connectivity index (χ4n) is 0.250. The Balaban J connectivity index is -0.0000000300. The Labute approximate surface area is 77.4 Å². The second kappa shape index (κ2) is 12.9. The molecule has 11 heavy (non-hydrogen) atoms. The van der Waals surface area contributed by atoms with Crippen LogP contribution >= 0.6 is 0 Å². The summed E-state index contributed by atoms with van der Waals surface area (Å²) in [5.74, 6) is 0. The van der Waals surface area contributed by atoms with Crippen LogP contribution in [0.25, 0.3) is 0 Å². The third-order valence-corrected chi connectivity index (χ3v) is 5.74. The molecule has 0 amide bonds. The molecule has 0 aliphatic carbocycles. The standard InChI is InChI=1S/C6H16Si.4CH4/c1-5-7(3,4)6-2;;;;/h5-6H2,1-4H3;4*1H4. The largest absolute Gasteiger partial charge is 0.0776 e. The zero-order valence-electron chi connectivity index (χ0n) is 5.91. The lowest BCUT2D eigenvalue weighted by Gasteiger charge is -2.15. The molecule has 0 spiro atoms. The van der Waals surface area contributed by atoms with Crippen molar-refractivity contribution in [3.63, 3.8) is 0 Å². The van der Waals surface area contributed by atoms with Crippen molar-refractivity contribution in [3.05, 3.63) is 0 Å². The van der Waals surface area contributed by atoms with Crippen LogP contribution in [0.3, 0.4) is 0 Å². The second-order valence-electron chi connectivity index (χ2n) is 2.87. The fourth-order valence-corrected chi connectivity index (χ4v) is 0.750. The highest BCUT2D eigenvalue weighted by Gasteiger charge is 2.12. The van der Waals surface area contributed by atoms with E-state index in [4.69, 9.17) is 0 Å². The number of hydrogen-bond donors (Lipinski definition) is 0. The van der Waals surface area contributed by atoms with Crippen molar-refractivity contribution in [3.8, 4) is 0 Å². The molecule has 0 aliphatic rings. The molecular formula is C10H32Si. The smallest absolute Gasteiger partial charge is 0.0468 e. The van der Waals surface area contributed by atoms with Gasteiger partial charge in [0.25, 0.3) is 0 Å². The molecule has 0 aliphatic heterocycles. The first-order chi connectivity index (χ1) is 3.12. The molecule has 0 nitrogen and oxygen atoms in total. The Kier molecular flexibility index (Phi) is 35.4. The topological polar surface area (TPSA) is 0 Å². The number of rotatable bonds is 2. The molecule has 0 atom stereocenters. The second-order valence-corrected chi connectivity index (χ2v) is 8.61. The lowest BCUT2D eigenvalue weighted by molar-refractivity contribution is 1.25. The summed E-state index contributed by atoms with van der Waals surface area (Å²) in [5, 5.41) is 0. The van der Waals surface area contributed by atoms with Gasteiger partial charge in [0.15, 0.2) is 0 Å². The predicted molar refractivity (Wildman–Crippen MR) is 65.4 cm³/mol. The van der Waals surface area contributed by atoms with Gasteiger partial charge in [0.2, 0.25) is 0 Å². The van der Waals surface area contributed by atoms with Crippen LogP contribution in [0.15, 0.2) is 0 Å². The average molecular weight is 180 g/mol. The predicted octanol–water partition coefficient (Wildman–Crippen LogP) is 5.28. The molecule has 76 valence electrons. The first-order valence-electron chi connectivity index (χ1n) is 3.12. The zero-order valence-corrected chi connectivity index (χ0v) is 6.91. The summed E-state index contributed by atoms with van der Waals surface area (Å²) in [6.07, 6.45) is 0.